The molecule has 1 heteroatoms. The Morgan fingerprint density at radius 3 is 0.794 bits per heavy atom. The van der Waals surface area contributed by atoms with E-state index in [-0.39, 0.29) is 38.8 Å². The number of aryl methyl sites for hydroxylation is 3. The normalized spacial score (nSPS) is 21.0. The van der Waals surface area contributed by atoms with Crippen molar-refractivity contribution >= 4 is 24.0 Å². The van der Waals surface area contributed by atoms with Gasteiger partial charge in [0, 0.05) is 0 Å². The summed E-state index contributed by atoms with van der Waals surface area (Å²) in [5.41, 5.74) is 5.82. The highest BCUT2D eigenvalue weighted by atomic mass is 127. The van der Waals surface area contributed by atoms with Gasteiger partial charge in [0.05, 0.1) is 0 Å². The Bertz CT molecular complexity index is 2000. The monoisotopic (exact) mass is 1600 g/mol. The Morgan fingerprint density at radius 1 is 0.318 bits per heavy atom. The molecule has 10 unspecified atom stereocenters. The van der Waals surface area contributed by atoms with Crippen LogP contribution in [0.2, 0.25) is 0 Å². The number of hydrogen-bond acceptors (Lipinski definition) is 0. The molecule has 0 N–H and O–H groups in total. The summed E-state index contributed by atoms with van der Waals surface area (Å²) in [5, 5.41) is 0. The highest BCUT2D eigenvalue weighted by Gasteiger charge is 2.51. The molecule has 0 radical (unpaired) electrons. The van der Waals surface area contributed by atoms with E-state index in [0.717, 1.165) is 35.5 Å². The van der Waals surface area contributed by atoms with E-state index in [4.69, 9.17) is 0 Å². The van der Waals surface area contributed by atoms with Gasteiger partial charge in [-0.2, -0.15) is 0 Å². The third-order valence-electron chi connectivity index (χ3n) is 20.6. The van der Waals surface area contributed by atoms with Crippen LogP contribution in [0.15, 0.2) is 151 Å². The highest BCUT2D eigenvalue weighted by Crippen LogP contribution is 2.61. The molecule has 9 aliphatic carbocycles. The van der Waals surface area contributed by atoms with E-state index in [2.05, 4.69) is 133 Å². The number of unbranched alkanes of at least 4 members (excludes halogenated alkanes) is 4. The van der Waals surface area contributed by atoms with Crippen molar-refractivity contribution in [3.8, 4) is 0 Å². The number of halogens is 1. The summed E-state index contributed by atoms with van der Waals surface area (Å²) in [6.07, 6.45) is 50.8. The minimum atomic E-state index is 0. The zero-order chi connectivity index (χ0) is 80.6. The lowest BCUT2D eigenvalue weighted by Gasteiger charge is -2.23. The smallest absolute Gasteiger partial charge is 0.0276 e. The maximum atomic E-state index is 2.46. The molecule has 0 aromatic heterocycles. The van der Waals surface area contributed by atoms with Crippen LogP contribution in [-0.4, -0.2) is 0 Å². The highest BCUT2D eigenvalue weighted by molar-refractivity contribution is 14.0. The third-order valence-corrected chi connectivity index (χ3v) is 20.6. The molecule has 0 amide bonds. The van der Waals surface area contributed by atoms with Crippen molar-refractivity contribution in [3.05, 3.63) is 168 Å². The van der Waals surface area contributed by atoms with Crippen LogP contribution in [0.5, 0.6) is 0 Å². The van der Waals surface area contributed by atoms with Crippen molar-refractivity contribution in [2.24, 2.45) is 82.9 Å². The summed E-state index contributed by atoms with van der Waals surface area (Å²) in [5.74, 6) is 15.6. The molecule has 8 saturated carbocycles. The fourth-order valence-corrected chi connectivity index (χ4v) is 15.6. The average molecular weight is 1600 g/mol. The summed E-state index contributed by atoms with van der Waals surface area (Å²) in [6.45, 7) is 66.0. The van der Waals surface area contributed by atoms with Gasteiger partial charge in [-0.1, -0.05) is 469 Å². The van der Waals surface area contributed by atoms with E-state index in [1.807, 2.05) is 235 Å². The van der Waals surface area contributed by atoms with Crippen molar-refractivity contribution in [2.75, 3.05) is 0 Å². The van der Waals surface area contributed by atoms with Gasteiger partial charge in [0.15, 0.2) is 0 Å². The van der Waals surface area contributed by atoms with E-state index in [9.17, 15) is 0 Å². The van der Waals surface area contributed by atoms with Crippen molar-refractivity contribution in [1.29, 1.82) is 0 Å². The first-order chi connectivity index (χ1) is 51.2. The van der Waals surface area contributed by atoms with Gasteiger partial charge in [-0.15, -0.1) is 24.0 Å². The van der Waals surface area contributed by atoms with Gasteiger partial charge in [0.2, 0.25) is 0 Å². The Balaban J connectivity index is -0.000000124. The second-order valence-electron chi connectivity index (χ2n) is 27.7. The van der Waals surface area contributed by atoms with Crippen LogP contribution in [0.1, 0.15) is 426 Å². The van der Waals surface area contributed by atoms with Crippen LogP contribution >= 0.6 is 24.0 Å². The molecule has 4 bridgehead atoms. The van der Waals surface area contributed by atoms with Crippen molar-refractivity contribution < 1.29 is 0 Å². The molecule has 0 heterocycles. The molecule has 0 aliphatic heterocycles. The van der Waals surface area contributed by atoms with Gasteiger partial charge in [0.1, 0.15) is 0 Å². The van der Waals surface area contributed by atoms with Crippen LogP contribution < -0.4 is 0 Å². The van der Waals surface area contributed by atoms with E-state index in [1.54, 1.807) is 64.2 Å². The average Bonchev–Trinajstić information content (AvgIpc) is 1.62. The zero-order valence-electron chi connectivity index (χ0n) is 77.6. The molecule has 8 fully saturated rings. The van der Waals surface area contributed by atoms with Crippen LogP contribution in [0.3, 0.4) is 0 Å². The third kappa shape index (κ3) is 67.3. The predicted octanol–water partition coefficient (Wildman–Crippen LogP) is 38.6. The number of fused-ring (bicyclic) bond motifs is 10. The minimum Gasteiger partial charge on any atom is -0.107 e. The SMILES string of the molecule is C.C.CC.CC.CC.CC.CC.CC.CC.CC.CC.CC.CC.CC.CC.CC(CCCCCC1CC1)CCc1ccccc1.CC(CCCCCC1CC1)CCc1ccccc1.CC1=CC=CCC1.CC1CC2C3CCC(C3)C2C1.CC1CC2C3CCC(C3)C2C1.Cc1ccccc1.I.c1ccccc1. The fraction of sp³-hybridized carbons (Fsp3) is 0.736. The van der Waals surface area contributed by atoms with Crippen molar-refractivity contribution in [3.63, 3.8) is 0 Å². The maximum Gasteiger partial charge on any atom is -0.0276 e. The number of benzene rings is 4. The van der Waals surface area contributed by atoms with Crippen molar-refractivity contribution in [1.82, 2.24) is 0 Å². The van der Waals surface area contributed by atoms with Crippen LogP contribution in [-0.2, 0) is 12.8 Å². The Kier molecular flexibility index (Phi) is 114. The van der Waals surface area contributed by atoms with Gasteiger partial charge in [0.25, 0.3) is 0 Å². The van der Waals surface area contributed by atoms with E-state index >= 15 is 0 Å². The summed E-state index contributed by atoms with van der Waals surface area (Å²) in [4.78, 5) is 0. The Labute approximate surface area is 698 Å². The van der Waals surface area contributed by atoms with Gasteiger partial charge in [-0.3, -0.25) is 0 Å². The maximum absolute atomic E-state index is 2.46. The Morgan fingerprint density at radius 2 is 0.579 bits per heavy atom. The molecule has 10 atom stereocenters. The first-order valence-corrected chi connectivity index (χ1v) is 46.6. The largest absolute Gasteiger partial charge is 0.107 e. The summed E-state index contributed by atoms with van der Waals surface area (Å²) < 4.78 is 0. The first-order valence-electron chi connectivity index (χ1n) is 46.6. The second kappa shape index (κ2) is 97.3. The van der Waals surface area contributed by atoms with Gasteiger partial charge >= 0.3 is 0 Å². The number of allylic oxidation sites excluding steroid dienone is 4. The van der Waals surface area contributed by atoms with Gasteiger partial charge in [-0.25, -0.2) is 0 Å². The molecule has 13 rings (SSSR count). The standard InChI is InChI=1S/2C18H28.2C11H18.C7H10.C7H8.C6H6.13C2H6.2CH4.HI/c2*1-16(8-4-2-5-11-18-14-15-18)12-13-17-9-6-3-7-10-17;2*1-7-4-10-8-2-3-9(6-8)11(10)5-7;2*1-7-5-3-2-4-6-7;1-2-4-6-5-3-1;13*1-2;;;/h2*3,6-7,9-10,16,18H,2,4-5,8,11-15H2,1H3;2*7-11H,2-6H2,1H3;2-3,5H,4,6H2,1H3;2-6H,1H3;1-6H;13*1-2H3;2*1H4;1H. The molecule has 0 saturated heterocycles. The lowest BCUT2D eigenvalue weighted by Crippen LogP contribution is -2.15. The van der Waals surface area contributed by atoms with Crippen LogP contribution in [0.4, 0.5) is 0 Å². The van der Waals surface area contributed by atoms with Crippen molar-refractivity contribution in [2.45, 2.75) is 429 Å². The van der Waals surface area contributed by atoms with Gasteiger partial charge in [-0.05, 0) is 211 Å². The molecule has 0 nitrogen and oxygen atoms in total. The van der Waals surface area contributed by atoms with E-state index in [0.29, 0.717) is 0 Å². The zero-order valence-corrected chi connectivity index (χ0v) is 79.9. The van der Waals surface area contributed by atoms with Gasteiger partial charge < -0.3 is 0 Å². The molecular weight excluding hydrogens is 1400 g/mol. The molecule has 4 aromatic carbocycles. The molecule has 107 heavy (non-hydrogen) atoms. The molecule has 634 valence electrons. The molecule has 0 spiro atoms. The molecule has 9 aliphatic rings. The van der Waals surface area contributed by atoms with E-state index in [1.165, 1.54) is 198 Å². The second-order valence-corrected chi connectivity index (χ2v) is 27.7. The number of hydrogen-bond donors (Lipinski definition) is 0. The quantitative estimate of drug-likeness (QED) is 0.0688. The lowest BCUT2D eigenvalue weighted by molar-refractivity contribution is 0.259. The predicted molar refractivity (Wildman–Crippen MR) is 518 cm³/mol. The number of rotatable bonds is 18. The van der Waals surface area contributed by atoms with Crippen LogP contribution in [0, 0.1) is 89.8 Å². The molecular formula is C106H203I. The molecule has 4 aromatic rings. The summed E-state index contributed by atoms with van der Waals surface area (Å²) in [6, 6.07) is 44.1. The summed E-state index contributed by atoms with van der Waals surface area (Å²) >= 11 is 0. The minimum absolute atomic E-state index is 0. The first kappa shape index (κ1) is 125. The fourth-order valence-electron chi connectivity index (χ4n) is 15.6. The van der Waals surface area contributed by atoms with Crippen LogP contribution in [0.25, 0.3) is 0 Å². The topological polar surface area (TPSA) is 0 Å². The lowest BCUT2D eigenvalue weighted by atomic mass is 9.82. The summed E-state index contributed by atoms with van der Waals surface area (Å²) in [7, 11) is 0. The Hall–Kier alpha value is -2.91. The van der Waals surface area contributed by atoms with E-state index < -0.39 is 0 Å².